The molecular formula is C12H18ClN3O2. The van der Waals surface area contributed by atoms with Crippen LogP contribution >= 0.6 is 11.6 Å². The smallest absolute Gasteiger partial charge is 0.321 e. The Labute approximate surface area is 112 Å². The average molecular weight is 272 g/mol. The first-order valence-electron chi connectivity index (χ1n) is 5.72. The fourth-order valence-electron chi connectivity index (χ4n) is 1.33. The highest BCUT2D eigenvalue weighted by Gasteiger charge is 2.10. The fourth-order valence-corrected chi connectivity index (χ4v) is 1.43. The number of hydrogen-bond acceptors (Lipinski definition) is 3. The van der Waals surface area contributed by atoms with E-state index in [0.29, 0.717) is 23.8 Å². The molecule has 18 heavy (non-hydrogen) atoms. The number of nitrogens with one attached hydrogen (secondary N) is 1. The lowest BCUT2D eigenvalue weighted by atomic mass is 10.3. The predicted octanol–water partition coefficient (Wildman–Crippen LogP) is 2.28. The summed E-state index contributed by atoms with van der Waals surface area (Å²) in [5.41, 5.74) is 1.41. The Bertz CT molecular complexity index is 424. The van der Waals surface area contributed by atoms with E-state index in [1.807, 2.05) is 6.92 Å². The summed E-state index contributed by atoms with van der Waals surface area (Å²) in [6.07, 6.45) is 1.64. The molecule has 100 valence electrons. The molecule has 5 nitrogen and oxygen atoms in total. The molecule has 1 unspecified atom stereocenters. The molecule has 0 saturated heterocycles. The Kier molecular flexibility index (Phi) is 5.37. The molecule has 0 aromatic carbocycles. The zero-order chi connectivity index (χ0) is 13.7. The van der Waals surface area contributed by atoms with E-state index in [1.165, 1.54) is 11.1 Å². The van der Waals surface area contributed by atoms with Crippen molar-refractivity contribution >= 4 is 23.3 Å². The van der Waals surface area contributed by atoms with E-state index in [2.05, 4.69) is 10.3 Å². The number of aliphatic hydroxyl groups excluding tert-OH is 1. The maximum Gasteiger partial charge on any atom is 0.321 e. The number of aryl methyl sites for hydroxylation is 1. The number of halogens is 1. The highest BCUT2D eigenvalue weighted by molar-refractivity contribution is 6.30. The number of carbonyl (C=O) groups excluding carboxylic acids is 1. The number of aliphatic hydroxyl groups is 1. The summed E-state index contributed by atoms with van der Waals surface area (Å²) < 4.78 is 0. The number of urea groups is 1. The van der Waals surface area contributed by atoms with Crippen molar-refractivity contribution in [3.63, 3.8) is 0 Å². The molecule has 1 aromatic rings. The van der Waals surface area contributed by atoms with Crippen LogP contribution in [0.4, 0.5) is 10.5 Å². The first-order valence-corrected chi connectivity index (χ1v) is 6.10. The van der Waals surface area contributed by atoms with Crippen LogP contribution in [0.2, 0.25) is 5.15 Å². The number of rotatable bonds is 4. The summed E-state index contributed by atoms with van der Waals surface area (Å²) >= 11 is 5.80. The van der Waals surface area contributed by atoms with Crippen LogP contribution in [0.25, 0.3) is 0 Å². The number of hydrogen-bond donors (Lipinski definition) is 2. The molecule has 0 aliphatic carbocycles. The van der Waals surface area contributed by atoms with Gasteiger partial charge in [0.15, 0.2) is 0 Å². The summed E-state index contributed by atoms with van der Waals surface area (Å²) in [6, 6.07) is 1.52. The van der Waals surface area contributed by atoms with Gasteiger partial charge in [-0.2, -0.15) is 0 Å². The van der Waals surface area contributed by atoms with Gasteiger partial charge in [0.2, 0.25) is 0 Å². The second-order valence-electron chi connectivity index (χ2n) is 4.32. The van der Waals surface area contributed by atoms with E-state index in [1.54, 1.807) is 20.0 Å². The number of nitrogens with zero attached hydrogens (tertiary/aromatic N) is 2. The molecule has 2 N–H and O–H groups in total. The van der Waals surface area contributed by atoms with E-state index < -0.39 is 6.10 Å². The number of pyridine rings is 1. The molecule has 0 aliphatic rings. The van der Waals surface area contributed by atoms with E-state index in [-0.39, 0.29) is 6.03 Å². The van der Waals surface area contributed by atoms with Gasteiger partial charge in [0, 0.05) is 13.6 Å². The molecule has 0 radical (unpaired) electrons. The molecule has 0 aliphatic heterocycles. The molecule has 0 saturated carbocycles. The van der Waals surface area contributed by atoms with Gasteiger partial charge in [-0.15, -0.1) is 0 Å². The van der Waals surface area contributed by atoms with Gasteiger partial charge in [-0.3, -0.25) is 0 Å². The van der Waals surface area contributed by atoms with Crippen molar-refractivity contribution in [2.75, 3.05) is 18.9 Å². The van der Waals surface area contributed by atoms with Crippen molar-refractivity contribution < 1.29 is 9.90 Å². The molecular weight excluding hydrogens is 254 g/mol. The van der Waals surface area contributed by atoms with Crippen LogP contribution in [0, 0.1) is 6.92 Å². The maximum atomic E-state index is 11.8. The molecule has 1 heterocycles. The highest BCUT2D eigenvalue weighted by atomic mass is 35.5. The summed E-state index contributed by atoms with van der Waals surface area (Å²) in [5, 5.41) is 12.3. The van der Waals surface area contributed by atoms with Gasteiger partial charge < -0.3 is 15.3 Å². The van der Waals surface area contributed by atoms with Crippen molar-refractivity contribution in [2.45, 2.75) is 26.4 Å². The lowest BCUT2D eigenvalue weighted by Gasteiger charge is -2.18. The summed E-state index contributed by atoms with van der Waals surface area (Å²) in [7, 11) is 1.67. The van der Waals surface area contributed by atoms with Crippen molar-refractivity contribution in [1.29, 1.82) is 0 Å². The number of carbonyl (C=O) groups is 1. The van der Waals surface area contributed by atoms with Crippen molar-refractivity contribution in [2.24, 2.45) is 0 Å². The number of aromatic nitrogens is 1. The van der Waals surface area contributed by atoms with Crippen molar-refractivity contribution in [3.8, 4) is 0 Å². The molecule has 1 atom stereocenters. The third-order valence-electron chi connectivity index (χ3n) is 2.49. The zero-order valence-electron chi connectivity index (χ0n) is 10.8. The van der Waals surface area contributed by atoms with Crippen LogP contribution < -0.4 is 5.32 Å². The van der Waals surface area contributed by atoms with Gasteiger partial charge in [0.25, 0.3) is 0 Å². The fraction of sp³-hybridized carbons (Fsp3) is 0.500. The Morgan fingerprint density at radius 3 is 2.89 bits per heavy atom. The number of anilines is 1. The van der Waals surface area contributed by atoms with Gasteiger partial charge >= 0.3 is 6.03 Å². The van der Waals surface area contributed by atoms with E-state index in [9.17, 15) is 4.79 Å². The Morgan fingerprint density at radius 2 is 2.33 bits per heavy atom. The van der Waals surface area contributed by atoms with Crippen LogP contribution in [0.3, 0.4) is 0 Å². The van der Waals surface area contributed by atoms with E-state index in [4.69, 9.17) is 16.7 Å². The monoisotopic (exact) mass is 271 g/mol. The number of amides is 2. The minimum Gasteiger partial charge on any atom is -0.393 e. The Hall–Kier alpha value is -1.33. The predicted molar refractivity (Wildman–Crippen MR) is 71.9 cm³/mol. The Morgan fingerprint density at radius 1 is 1.67 bits per heavy atom. The van der Waals surface area contributed by atoms with Crippen molar-refractivity contribution in [1.82, 2.24) is 9.88 Å². The molecule has 6 heteroatoms. The molecule has 0 spiro atoms. The molecule has 0 bridgehead atoms. The second kappa shape index (κ2) is 6.56. The van der Waals surface area contributed by atoms with E-state index >= 15 is 0 Å². The van der Waals surface area contributed by atoms with Crippen molar-refractivity contribution in [3.05, 3.63) is 23.0 Å². The van der Waals surface area contributed by atoms with Gasteiger partial charge in [0.05, 0.1) is 18.0 Å². The summed E-state index contributed by atoms with van der Waals surface area (Å²) in [4.78, 5) is 17.3. The summed E-state index contributed by atoms with van der Waals surface area (Å²) in [6.45, 7) is 4.00. The first kappa shape index (κ1) is 14.7. The highest BCUT2D eigenvalue weighted by Crippen LogP contribution is 2.16. The van der Waals surface area contributed by atoms with Crippen LogP contribution in [0.5, 0.6) is 0 Å². The molecule has 1 rings (SSSR count). The normalized spacial score (nSPS) is 12.1. The Balaban J connectivity index is 2.55. The second-order valence-corrected chi connectivity index (χ2v) is 4.68. The standard InChI is InChI=1S/C12H18ClN3O2/c1-8-6-10(7-14-11(8)13)15-12(18)16(3)5-4-9(2)17/h6-7,9,17H,4-5H2,1-3H3,(H,15,18). The third kappa shape index (κ3) is 4.50. The van der Waals surface area contributed by atoms with E-state index in [0.717, 1.165) is 5.56 Å². The maximum absolute atomic E-state index is 11.8. The van der Waals surface area contributed by atoms with Gasteiger partial charge in [-0.05, 0) is 31.9 Å². The van der Waals surface area contributed by atoms with Gasteiger partial charge in [-0.1, -0.05) is 11.6 Å². The SMILES string of the molecule is Cc1cc(NC(=O)N(C)CCC(C)O)cnc1Cl. The van der Waals surface area contributed by atoms with Crippen LogP contribution in [-0.2, 0) is 0 Å². The zero-order valence-corrected chi connectivity index (χ0v) is 11.5. The first-order chi connectivity index (χ1) is 8.40. The van der Waals surface area contributed by atoms with Crippen LogP contribution in [-0.4, -0.2) is 40.7 Å². The van der Waals surface area contributed by atoms with Crippen LogP contribution in [0.15, 0.2) is 12.3 Å². The minimum absolute atomic E-state index is 0.237. The lowest BCUT2D eigenvalue weighted by molar-refractivity contribution is 0.167. The molecule has 1 aromatic heterocycles. The third-order valence-corrected chi connectivity index (χ3v) is 2.89. The molecule has 2 amide bonds. The average Bonchev–Trinajstić information content (AvgIpc) is 2.30. The van der Waals surface area contributed by atoms with Gasteiger partial charge in [-0.25, -0.2) is 9.78 Å². The lowest BCUT2D eigenvalue weighted by Crippen LogP contribution is -2.33. The molecule has 0 fully saturated rings. The quantitative estimate of drug-likeness (QED) is 0.826. The van der Waals surface area contributed by atoms with Gasteiger partial charge in [0.1, 0.15) is 5.15 Å². The topological polar surface area (TPSA) is 65.5 Å². The largest absolute Gasteiger partial charge is 0.393 e. The minimum atomic E-state index is -0.417. The summed E-state index contributed by atoms with van der Waals surface area (Å²) in [5.74, 6) is 0. The van der Waals surface area contributed by atoms with Crippen LogP contribution in [0.1, 0.15) is 18.9 Å².